The van der Waals surface area contributed by atoms with Crippen molar-refractivity contribution in [3.05, 3.63) is 71.0 Å². The number of rotatable bonds is 7. The summed E-state index contributed by atoms with van der Waals surface area (Å²) in [5.41, 5.74) is 2.10. The summed E-state index contributed by atoms with van der Waals surface area (Å²) in [5.74, 6) is 0.239. The predicted octanol–water partition coefficient (Wildman–Crippen LogP) is 3.48. The van der Waals surface area contributed by atoms with Gasteiger partial charge in [-0.3, -0.25) is 14.2 Å². The van der Waals surface area contributed by atoms with Crippen LogP contribution in [0.1, 0.15) is 25.3 Å². The third-order valence-electron chi connectivity index (χ3n) is 4.02. The van der Waals surface area contributed by atoms with Crippen LogP contribution in [0.2, 0.25) is 0 Å². The van der Waals surface area contributed by atoms with Gasteiger partial charge in [0.2, 0.25) is 5.91 Å². The first-order chi connectivity index (χ1) is 12.7. The van der Waals surface area contributed by atoms with E-state index in [2.05, 4.69) is 17.2 Å². The van der Waals surface area contributed by atoms with Crippen molar-refractivity contribution in [1.29, 1.82) is 0 Å². The molecular weight excluding hydrogens is 330 g/mol. The largest absolute Gasteiger partial charge is 0.463 e. The molecule has 2 heterocycles. The molecule has 0 unspecified atom stereocenters. The molecule has 0 aliphatic carbocycles. The number of carbonyl (C=O) groups excluding carboxylic acids is 1. The topological polar surface area (TPSA) is 77.1 Å². The second kappa shape index (κ2) is 8.29. The maximum atomic E-state index is 12.2. The molecule has 0 aliphatic heterocycles. The fraction of sp³-hybridized carbons (Fsp3) is 0.250. The number of nitrogens with one attached hydrogen (secondary N) is 1. The van der Waals surface area contributed by atoms with Crippen LogP contribution in [0.25, 0.3) is 11.5 Å². The molecule has 3 rings (SSSR count). The fourth-order valence-corrected chi connectivity index (χ4v) is 2.59. The molecule has 26 heavy (non-hydrogen) atoms. The summed E-state index contributed by atoms with van der Waals surface area (Å²) in [6.07, 6.45) is 6.21. The Morgan fingerprint density at radius 2 is 2.04 bits per heavy atom. The van der Waals surface area contributed by atoms with E-state index in [1.807, 2.05) is 24.3 Å². The normalized spacial score (nSPS) is 10.7. The lowest BCUT2D eigenvalue weighted by Crippen LogP contribution is -2.27. The number of anilines is 1. The molecule has 0 atom stereocenters. The average molecular weight is 351 g/mol. The Hall–Kier alpha value is -3.15. The first-order valence-electron chi connectivity index (χ1n) is 8.65. The maximum absolute atomic E-state index is 12.2. The molecule has 0 bridgehead atoms. The number of benzene rings is 1. The van der Waals surface area contributed by atoms with Crippen molar-refractivity contribution in [2.75, 3.05) is 5.32 Å². The zero-order valence-corrected chi connectivity index (χ0v) is 14.6. The molecular formula is C20H21N3O3. The monoisotopic (exact) mass is 351 g/mol. The summed E-state index contributed by atoms with van der Waals surface area (Å²) in [6, 6.07) is 12.6. The predicted molar refractivity (Wildman–Crippen MR) is 99.9 cm³/mol. The summed E-state index contributed by atoms with van der Waals surface area (Å²) in [6.45, 7) is 2.06. The Balaban J connectivity index is 1.62. The van der Waals surface area contributed by atoms with E-state index >= 15 is 0 Å². The van der Waals surface area contributed by atoms with E-state index < -0.39 is 0 Å². The van der Waals surface area contributed by atoms with Crippen LogP contribution in [0, 0.1) is 0 Å². The zero-order valence-electron chi connectivity index (χ0n) is 14.6. The number of hydrogen-bond acceptors (Lipinski definition) is 4. The van der Waals surface area contributed by atoms with Crippen molar-refractivity contribution >= 4 is 11.6 Å². The SMILES string of the molecule is CCCCc1ccc(NC(=O)Cn2cnc(-c3ccco3)cc2=O)cc1. The van der Waals surface area contributed by atoms with Gasteiger partial charge in [-0.1, -0.05) is 25.5 Å². The molecule has 1 N–H and O–H groups in total. The molecule has 0 fully saturated rings. The van der Waals surface area contributed by atoms with E-state index in [1.54, 1.807) is 12.1 Å². The number of amides is 1. The molecule has 134 valence electrons. The Labute approximate surface area is 151 Å². The molecule has 0 radical (unpaired) electrons. The van der Waals surface area contributed by atoms with E-state index in [-0.39, 0.29) is 18.0 Å². The van der Waals surface area contributed by atoms with Gasteiger partial charge >= 0.3 is 0 Å². The quantitative estimate of drug-likeness (QED) is 0.707. The highest BCUT2D eigenvalue weighted by Gasteiger charge is 2.09. The van der Waals surface area contributed by atoms with Gasteiger partial charge in [-0.2, -0.15) is 0 Å². The van der Waals surface area contributed by atoms with Gasteiger partial charge < -0.3 is 9.73 Å². The second-order valence-corrected chi connectivity index (χ2v) is 6.07. The maximum Gasteiger partial charge on any atom is 0.254 e. The van der Waals surface area contributed by atoms with Crippen LogP contribution >= 0.6 is 0 Å². The third-order valence-corrected chi connectivity index (χ3v) is 4.02. The van der Waals surface area contributed by atoms with Gasteiger partial charge in [-0.25, -0.2) is 4.98 Å². The van der Waals surface area contributed by atoms with E-state index in [4.69, 9.17) is 4.42 Å². The number of aromatic nitrogens is 2. The lowest BCUT2D eigenvalue weighted by atomic mass is 10.1. The number of nitrogens with zero attached hydrogens (tertiary/aromatic N) is 2. The molecule has 0 spiro atoms. The standard InChI is InChI=1S/C20H21N3O3/c1-2-3-5-15-7-9-16(10-8-15)22-19(24)13-23-14-21-17(12-20(23)25)18-6-4-11-26-18/h4,6-12,14H,2-3,5,13H2,1H3,(H,22,24). The van der Waals surface area contributed by atoms with Crippen molar-refractivity contribution in [3.8, 4) is 11.5 Å². The lowest BCUT2D eigenvalue weighted by molar-refractivity contribution is -0.116. The average Bonchev–Trinajstić information content (AvgIpc) is 3.17. The molecule has 0 aliphatic rings. The number of carbonyl (C=O) groups is 1. The summed E-state index contributed by atoms with van der Waals surface area (Å²) < 4.78 is 6.48. The van der Waals surface area contributed by atoms with Crippen LogP contribution in [-0.2, 0) is 17.8 Å². The molecule has 6 nitrogen and oxygen atoms in total. The Morgan fingerprint density at radius 1 is 1.23 bits per heavy atom. The molecule has 3 aromatic rings. The van der Waals surface area contributed by atoms with Crippen molar-refractivity contribution in [1.82, 2.24) is 9.55 Å². The smallest absolute Gasteiger partial charge is 0.254 e. The van der Waals surface area contributed by atoms with Gasteiger partial charge in [-0.15, -0.1) is 0 Å². The van der Waals surface area contributed by atoms with Gasteiger partial charge in [-0.05, 0) is 42.7 Å². The highest BCUT2D eigenvalue weighted by Crippen LogP contribution is 2.15. The molecule has 0 saturated carbocycles. The van der Waals surface area contributed by atoms with Crippen LogP contribution < -0.4 is 10.9 Å². The van der Waals surface area contributed by atoms with Crippen LogP contribution in [0.15, 0.2) is 64.3 Å². The number of aryl methyl sites for hydroxylation is 1. The summed E-state index contributed by atoms with van der Waals surface area (Å²) in [4.78, 5) is 28.5. The molecule has 6 heteroatoms. The molecule has 1 aromatic carbocycles. The minimum atomic E-state index is -0.309. The van der Waals surface area contributed by atoms with E-state index in [0.717, 1.165) is 19.3 Å². The number of hydrogen-bond donors (Lipinski definition) is 1. The van der Waals surface area contributed by atoms with Crippen molar-refractivity contribution < 1.29 is 9.21 Å². The molecule has 1 amide bonds. The molecule has 2 aromatic heterocycles. The van der Waals surface area contributed by atoms with Gasteiger partial charge in [0, 0.05) is 11.8 Å². The van der Waals surface area contributed by atoms with Gasteiger partial charge in [0.05, 0.1) is 12.6 Å². The van der Waals surface area contributed by atoms with Gasteiger partial charge in [0.15, 0.2) is 5.76 Å². The highest BCUT2D eigenvalue weighted by atomic mass is 16.3. The van der Waals surface area contributed by atoms with Gasteiger partial charge in [0.25, 0.3) is 5.56 Å². The van der Waals surface area contributed by atoms with E-state index in [0.29, 0.717) is 17.1 Å². The Kier molecular flexibility index (Phi) is 5.63. The van der Waals surface area contributed by atoms with Crippen LogP contribution in [0.4, 0.5) is 5.69 Å². The van der Waals surface area contributed by atoms with Gasteiger partial charge in [0.1, 0.15) is 12.2 Å². The summed E-state index contributed by atoms with van der Waals surface area (Å²) >= 11 is 0. The lowest BCUT2D eigenvalue weighted by Gasteiger charge is -2.08. The molecule has 0 saturated heterocycles. The van der Waals surface area contributed by atoms with Crippen LogP contribution in [0.3, 0.4) is 0 Å². The van der Waals surface area contributed by atoms with E-state index in [1.165, 1.54) is 28.8 Å². The first kappa shape index (κ1) is 17.7. The van der Waals surface area contributed by atoms with E-state index in [9.17, 15) is 9.59 Å². The summed E-state index contributed by atoms with van der Waals surface area (Å²) in [7, 11) is 0. The fourth-order valence-electron chi connectivity index (χ4n) is 2.59. The van der Waals surface area contributed by atoms with Crippen LogP contribution in [0.5, 0.6) is 0 Å². The number of unbranched alkanes of at least 4 members (excludes halogenated alkanes) is 1. The Morgan fingerprint density at radius 3 is 2.69 bits per heavy atom. The third kappa shape index (κ3) is 4.47. The van der Waals surface area contributed by atoms with Crippen LogP contribution in [-0.4, -0.2) is 15.5 Å². The van der Waals surface area contributed by atoms with Crippen molar-refractivity contribution in [2.24, 2.45) is 0 Å². The summed E-state index contributed by atoms with van der Waals surface area (Å²) in [5, 5.41) is 2.80. The minimum Gasteiger partial charge on any atom is -0.463 e. The zero-order chi connectivity index (χ0) is 18.4. The van der Waals surface area contributed by atoms with Crippen molar-refractivity contribution in [2.45, 2.75) is 32.7 Å². The van der Waals surface area contributed by atoms with Crippen molar-refractivity contribution in [3.63, 3.8) is 0 Å². The highest BCUT2D eigenvalue weighted by molar-refractivity contribution is 5.90. The first-order valence-corrected chi connectivity index (χ1v) is 8.65. The minimum absolute atomic E-state index is 0.0954. The second-order valence-electron chi connectivity index (χ2n) is 6.07. The Bertz CT molecular complexity index is 912. The number of furan rings is 1.